The summed E-state index contributed by atoms with van der Waals surface area (Å²) in [5.41, 5.74) is 1.54. The number of amides is 3. The van der Waals surface area contributed by atoms with E-state index in [9.17, 15) is 9.59 Å². The fourth-order valence-corrected chi connectivity index (χ4v) is 3.56. The van der Waals surface area contributed by atoms with E-state index in [1.165, 1.54) is 4.90 Å². The van der Waals surface area contributed by atoms with Crippen molar-refractivity contribution < 1.29 is 9.59 Å². The van der Waals surface area contributed by atoms with Gasteiger partial charge in [0.15, 0.2) is 0 Å². The van der Waals surface area contributed by atoms with Gasteiger partial charge in [-0.05, 0) is 23.8 Å². The minimum Gasteiger partial charge on any atom is -0.321 e. The van der Waals surface area contributed by atoms with Gasteiger partial charge in [0.1, 0.15) is 6.29 Å². The second kappa shape index (κ2) is 7.66. The molecule has 3 unspecified atom stereocenters. The Hall–Kier alpha value is -2.45. The predicted molar refractivity (Wildman–Crippen MR) is 103 cm³/mol. The molecule has 0 spiro atoms. The highest BCUT2D eigenvalue weighted by Crippen LogP contribution is 2.23. The molecule has 3 atom stereocenters. The molecule has 140 valence electrons. The standard InChI is InChI=1S/C19H20ClN5O2/c20-15-9-5-4-6-12(15)10-21-18-22-11-14-16(23-18)24-19(27)25(17(14)26)13-7-2-1-3-8-13/h1-9,14,16,18,21-23H,10-11H2,(H,24,27). The lowest BCUT2D eigenvalue weighted by molar-refractivity contribution is -0.124. The van der Waals surface area contributed by atoms with Crippen LogP contribution >= 0.6 is 11.6 Å². The number of hydrogen-bond acceptors (Lipinski definition) is 5. The number of fused-ring (bicyclic) bond motifs is 1. The molecule has 2 aromatic carbocycles. The van der Waals surface area contributed by atoms with Crippen molar-refractivity contribution in [1.82, 2.24) is 21.3 Å². The number of urea groups is 1. The first-order chi connectivity index (χ1) is 13.1. The molecule has 27 heavy (non-hydrogen) atoms. The van der Waals surface area contributed by atoms with Gasteiger partial charge in [-0.3, -0.25) is 20.7 Å². The zero-order valence-electron chi connectivity index (χ0n) is 14.5. The topological polar surface area (TPSA) is 85.5 Å². The summed E-state index contributed by atoms with van der Waals surface area (Å²) in [6.07, 6.45) is -0.686. The van der Waals surface area contributed by atoms with Crippen LogP contribution in [-0.4, -0.2) is 30.9 Å². The fraction of sp³-hybridized carbons (Fsp3) is 0.263. The lowest BCUT2D eigenvalue weighted by Crippen LogP contribution is -2.74. The summed E-state index contributed by atoms with van der Waals surface area (Å²) in [6, 6.07) is 16.1. The summed E-state index contributed by atoms with van der Waals surface area (Å²) in [5, 5.41) is 13.4. The highest BCUT2D eigenvalue weighted by molar-refractivity contribution is 6.31. The van der Waals surface area contributed by atoms with E-state index in [1.807, 2.05) is 30.3 Å². The molecule has 2 saturated heterocycles. The van der Waals surface area contributed by atoms with Crippen LogP contribution in [0.3, 0.4) is 0 Å². The monoisotopic (exact) mass is 385 g/mol. The third-order valence-electron chi connectivity index (χ3n) is 4.78. The molecule has 2 aliphatic rings. The summed E-state index contributed by atoms with van der Waals surface area (Å²) < 4.78 is 0. The second-order valence-corrected chi connectivity index (χ2v) is 6.93. The second-order valence-electron chi connectivity index (χ2n) is 6.52. The maximum absolute atomic E-state index is 12.8. The van der Waals surface area contributed by atoms with Gasteiger partial charge in [-0.1, -0.05) is 48.0 Å². The molecular weight excluding hydrogens is 366 g/mol. The molecule has 3 amide bonds. The van der Waals surface area contributed by atoms with E-state index in [0.29, 0.717) is 23.8 Å². The molecule has 2 fully saturated rings. The van der Waals surface area contributed by atoms with E-state index in [2.05, 4.69) is 21.3 Å². The van der Waals surface area contributed by atoms with Gasteiger partial charge in [0.25, 0.3) is 0 Å². The Morgan fingerprint density at radius 2 is 1.81 bits per heavy atom. The van der Waals surface area contributed by atoms with Gasteiger partial charge < -0.3 is 5.32 Å². The lowest BCUT2D eigenvalue weighted by atomic mass is 9.99. The Labute approximate surface area is 162 Å². The summed E-state index contributed by atoms with van der Waals surface area (Å²) in [6.45, 7) is 1.00. The SMILES string of the molecule is O=C1NC2NC(NCc3ccccc3Cl)NCC2C(=O)N1c1ccccc1. The Balaban J connectivity index is 1.41. The van der Waals surface area contributed by atoms with Crippen LogP contribution in [0.2, 0.25) is 5.02 Å². The smallest absolute Gasteiger partial charge is 0.321 e. The minimum atomic E-state index is -0.435. The normalized spacial score (nSPS) is 25.1. The van der Waals surface area contributed by atoms with Crippen LogP contribution in [0.1, 0.15) is 5.56 Å². The van der Waals surface area contributed by atoms with E-state index < -0.39 is 12.2 Å². The number of carbonyl (C=O) groups is 2. The van der Waals surface area contributed by atoms with Crippen molar-refractivity contribution >= 4 is 29.2 Å². The number of imide groups is 1. The van der Waals surface area contributed by atoms with E-state index in [0.717, 1.165) is 5.56 Å². The zero-order chi connectivity index (χ0) is 18.8. The highest BCUT2D eigenvalue weighted by atomic mass is 35.5. The maximum Gasteiger partial charge on any atom is 0.330 e. The third kappa shape index (κ3) is 3.68. The van der Waals surface area contributed by atoms with Crippen molar-refractivity contribution in [2.45, 2.75) is 19.0 Å². The van der Waals surface area contributed by atoms with E-state index >= 15 is 0 Å². The summed E-state index contributed by atoms with van der Waals surface area (Å²) in [7, 11) is 0. The van der Waals surface area contributed by atoms with Crippen molar-refractivity contribution in [1.29, 1.82) is 0 Å². The van der Waals surface area contributed by atoms with Crippen molar-refractivity contribution in [3.05, 3.63) is 65.2 Å². The number of halogens is 1. The van der Waals surface area contributed by atoms with Crippen LogP contribution in [0.4, 0.5) is 10.5 Å². The summed E-state index contributed by atoms with van der Waals surface area (Å²) >= 11 is 6.18. The molecule has 4 N–H and O–H groups in total. The Morgan fingerprint density at radius 3 is 2.59 bits per heavy atom. The first-order valence-corrected chi connectivity index (χ1v) is 9.17. The van der Waals surface area contributed by atoms with Crippen LogP contribution in [0.5, 0.6) is 0 Å². The number of para-hydroxylation sites is 1. The average Bonchev–Trinajstić information content (AvgIpc) is 2.68. The number of anilines is 1. The summed E-state index contributed by atoms with van der Waals surface area (Å²) in [5.74, 6) is -0.610. The first kappa shape index (κ1) is 17.9. The van der Waals surface area contributed by atoms with Crippen molar-refractivity contribution in [3.63, 3.8) is 0 Å². The molecule has 8 heteroatoms. The van der Waals surface area contributed by atoms with Gasteiger partial charge in [-0.2, -0.15) is 0 Å². The molecule has 2 aliphatic heterocycles. The van der Waals surface area contributed by atoms with Crippen LogP contribution in [0, 0.1) is 5.92 Å². The van der Waals surface area contributed by atoms with Crippen molar-refractivity contribution in [3.8, 4) is 0 Å². The number of nitrogens with one attached hydrogen (secondary N) is 4. The van der Waals surface area contributed by atoms with Crippen LogP contribution in [-0.2, 0) is 11.3 Å². The number of benzene rings is 2. The van der Waals surface area contributed by atoms with E-state index in [-0.39, 0.29) is 18.1 Å². The van der Waals surface area contributed by atoms with Gasteiger partial charge in [-0.25, -0.2) is 9.69 Å². The van der Waals surface area contributed by atoms with Gasteiger partial charge in [0, 0.05) is 18.1 Å². The molecule has 2 aromatic rings. The van der Waals surface area contributed by atoms with E-state index in [4.69, 9.17) is 11.6 Å². The van der Waals surface area contributed by atoms with E-state index in [1.54, 1.807) is 24.3 Å². The largest absolute Gasteiger partial charge is 0.330 e. The Bertz CT molecular complexity index is 847. The minimum absolute atomic E-state index is 0.223. The predicted octanol–water partition coefficient (Wildman–Crippen LogP) is 1.60. The quantitative estimate of drug-likeness (QED) is 0.642. The molecule has 0 bridgehead atoms. The van der Waals surface area contributed by atoms with Gasteiger partial charge in [-0.15, -0.1) is 0 Å². The maximum atomic E-state index is 12.8. The average molecular weight is 386 g/mol. The van der Waals surface area contributed by atoms with Crippen molar-refractivity contribution in [2.24, 2.45) is 5.92 Å². The Kier molecular flexibility index (Phi) is 5.09. The third-order valence-corrected chi connectivity index (χ3v) is 5.15. The molecule has 4 rings (SSSR count). The fourth-order valence-electron chi connectivity index (χ4n) is 3.36. The molecule has 0 aromatic heterocycles. The number of nitrogens with zero attached hydrogens (tertiary/aromatic N) is 1. The van der Waals surface area contributed by atoms with Crippen LogP contribution in [0.15, 0.2) is 54.6 Å². The molecule has 7 nitrogen and oxygen atoms in total. The highest BCUT2D eigenvalue weighted by Gasteiger charge is 2.44. The molecular formula is C19H20ClN5O2. The number of hydrogen-bond donors (Lipinski definition) is 4. The van der Waals surface area contributed by atoms with Crippen LogP contribution < -0.4 is 26.2 Å². The molecule has 0 saturated carbocycles. The van der Waals surface area contributed by atoms with Gasteiger partial charge >= 0.3 is 6.03 Å². The van der Waals surface area contributed by atoms with Crippen LogP contribution in [0.25, 0.3) is 0 Å². The molecule has 2 heterocycles. The lowest BCUT2D eigenvalue weighted by Gasteiger charge is -2.43. The summed E-state index contributed by atoms with van der Waals surface area (Å²) in [4.78, 5) is 26.5. The Morgan fingerprint density at radius 1 is 1.07 bits per heavy atom. The molecule has 0 radical (unpaired) electrons. The van der Waals surface area contributed by atoms with Crippen molar-refractivity contribution in [2.75, 3.05) is 11.4 Å². The number of rotatable bonds is 4. The van der Waals surface area contributed by atoms with Gasteiger partial charge in [0.05, 0.1) is 17.8 Å². The zero-order valence-corrected chi connectivity index (χ0v) is 15.2. The molecule has 0 aliphatic carbocycles. The number of carbonyl (C=O) groups excluding carboxylic acids is 2. The van der Waals surface area contributed by atoms with Gasteiger partial charge in [0.2, 0.25) is 5.91 Å². The first-order valence-electron chi connectivity index (χ1n) is 8.79.